The first-order valence-corrected chi connectivity index (χ1v) is 8.86. The van der Waals surface area contributed by atoms with Crippen LogP contribution in [0.25, 0.3) is 0 Å². The number of hydrogen-bond acceptors (Lipinski definition) is 5. The Labute approximate surface area is 126 Å². The van der Waals surface area contributed by atoms with Crippen molar-refractivity contribution in [3.63, 3.8) is 0 Å². The number of anilines is 1. The molecule has 0 fully saturated rings. The molecule has 0 aliphatic heterocycles. The molecule has 100 valence electrons. The molecule has 19 heavy (non-hydrogen) atoms. The summed E-state index contributed by atoms with van der Waals surface area (Å²) in [6, 6.07) is 4.22. The van der Waals surface area contributed by atoms with E-state index in [2.05, 4.69) is 26.2 Å². The summed E-state index contributed by atoms with van der Waals surface area (Å²) < 4.78 is 22.7. The molecule has 2 aromatic rings. The van der Waals surface area contributed by atoms with Gasteiger partial charge in [0.15, 0.2) is 0 Å². The lowest BCUT2D eigenvalue weighted by atomic mass is 10.3. The standard InChI is InChI=1S/C10H6BrClN2O3S2/c11-7-3-6(1-2-9(7)19(12,16)17)14-10(15)8-4-18-5-13-8/h1-5H,(H,14,15). The van der Waals surface area contributed by atoms with Crippen molar-refractivity contribution in [2.75, 3.05) is 5.32 Å². The Balaban J connectivity index is 2.24. The van der Waals surface area contributed by atoms with Gasteiger partial charge in [-0.05, 0) is 34.1 Å². The van der Waals surface area contributed by atoms with E-state index >= 15 is 0 Å². The monoisotopic (exact) mass is 380 g/mol. The molecule has 0 unspecified atom stereocenters. The van der Waals surface area contributed by atoms with Crippen molar-refractivity contribution in [2.24, 2.45) is 0 Å². The summed E-state index contributed by atoms with van der Waals surface area (Å²) in [5.74, 6) is -0.366. The van der Waals surface area contributed by atoms with Gasteiger partial charge in [-0.3, -0.25) is 4.79 Å². The van der Waals surface area contributed by atoms with E-state index in [1.807, 2.05) is 0 Å². The summed E-state index contributed by atoms with van der Waals surface area (Å²) in [5, 5.41) is 4.21. The highest BCUT2D eigenvalue weighted by atomic mass is 79.9. The number of nitrogens with zero attached hydrogens (tertiary/aromatic N) is 1. The third-order valence-electron chi connectivity index (χ3n) is 2.12. The lowest BCUT2D eigenvalue weighted by molar-refractivity contribution is 0.102. The Morgan fingerprint density at radius 2 is 2.16 bits per heavy atom. The number of halogens is 2. The number of amides is 1. The summed E-state index contributed by atoms with van der Waals surface area (Å²) in [6.07, 6.45) is 0. The highest BCUT2D eigenvalue weighted by Crippen LogP contribution is 2.28. The van der Waals surface area contributed by atoms with Crippen LogP contribution in [0.5, 0.6) is 0 Å². The van der Waals surface area contributed by atoms with Crippen molar-refractivity contribution in [3.05, 3.63) is 39.3 Å². The van der Waals surface area contributed by atoms with Crippen LogP contribution in [0, 0.1) is 0 Å². The molecule has 0 radical (unpaired) electrons. The summed E-state index contributed by atoms with van der Waals surface area (Å²) in [4.78, 5) is 15.6. The Hall–Kier alpha value is -0.960. The molecule has 2 rings (SSSR count). The molecule has 9 heteroatoms. The largest absolute Gasteiger partial charge is 0.321 e. The quantitative estimate of drug-likeness (QED) is 0.829. The number of carbonyl (C=O) groups excluding carboxylic acids is 1. The van der Waals surface area contributed by atoms with Crippen molar-refractivity contribution in [1.29, 1.82) is 0 Å². The van der Waals surface area contributed by atoms with Crippen molar-refractivity contribution in [3.8, 4) is 0 Å². The summed E-state index contributed by atoms with van der Waals surface area (Å²) in [6.45, 7) is 0. The second kappa shape index (κ2) is 5.58. The smallest absolute Gasteiger partial charge is 0.275 e. The zero-order valence-corrected chi connectivity index (χ0v) is 13.1. The van der Waals surface area contributed by atoms with Gasteiger partial charge in [0.2, 0.25) is 0 Å². The summed E-state index contributed by atoms with van der Waals surface area (Å²) in [7, 11) is 1.43. The molecular formula is C10H6BrClN2O3S2. The van der Waals surface area contributed by atoms with Gasteiger partial charge in [0.1, 0.15) is 5.69 Å². The Bertz CT molecular complexity index is 716. The van der Waals surface area contributed by atoms with E-state index in [0.29, 0.717) is 11.4 Å². The van der Waals surface area contributed by atoms with Gasteiger partial charge in [0.25, 0.3) is 15.0 Å². The molecule has 0 bridgehead atoms. The Morgan fingerprint density at radius 1 is 1.42 bits per heavy atom. The third kappa shape index (κ3) is 3.53. The van der Waals surface area contributed by atoms with Crippen LogP contribution in [-0.4, -0.2) is 19.3 Å². The predicted molar refractivity (Wildman–Crippen MR) is 77.2 cm³/mol. The first-order chi connectivity index (χ1) is 8.88. The second-order valence-corrected chi connectivity index (χ2v) is 7.52. The summed E-state index contributed by atoms with van der Waals surface area (Å²) >= 11 is 4.40. The molecule has 1 amide bonds. The molecule has 0 aliphatic carbocycles. The minimum Gasteiger partial charge on any atom is -0.321 e. The zero-order valence-electron chi connectivity index (χ0n) is 9.13. The normalized spacial score (nSPS) is 11.3. The van der Waals surface area contributed by atoms with Crippen LogP contribution in [0.1, 0.15) is 10.5 Å². The van der Waals surface area contributed by atoms with Gasteiger partial charge < -0.3 is 5.32 Å². The first kappa shape index (κ1) is 14.4. The van der Waals surface area contributed by atoms with E-state index in [1.165, 1.54) is 29.5 Å². The van der Waals surface area contributed by atoms with Gasteiger partial charge in [-0.2, -0.15) is 0 Å². The molecule has 1 heterocycles. The maximum atomic E-state index is 11.7. The number of thiazole rings is 1. The minimum atomic E-state index is -3.82. The fourth-order valence-electron chi connectivity index (χ4n) is 1.30. The lowest BCUT2D eigenvalue weighted by Crippen LogP contribution is -2.12. The third-order valence-corrected chi connectivity index (χ3v) is 5.00. The summed E-state index contributed by atoms with van der Waals surface area (Å²) in [5.41, 5.74) is 2.29. The van der Waals surface area contributed by atoms with Gasteiger partial charge in [-0.1, -0.05) is 0 Å². The van der Waals surface area contributed by atoms with E-state index in [-0.39, 0.29) is 15.3 Å². The van der Waals surface area contributed by atoms with Crippen LogP contribution in [0.15, 0.2) is 38.5 Å². The highest BCUT2D eigenvalue weighted by Gasteiger charge is 2.15. The van der Waals surface area contributed by atoms with Crippen LogP contribution in [0.4, 0.5) is 5.69 Å². The van der Waals surface area contributed by atoms with E-state index < -0.39 is 9.05 Å². The van der Waals surface area contributed by atoms with E-state index in [9.17, 15) is 13.2 Å². The topological polar surface area (TPSA) is 76.1 Å². The fourth-order valence-corrected chi connectivity index (χ4v) is 4.05. The molecule has 1 N–H and O–H groups in total. The minimum absolute atomic E-state index is 0.0548. The molecule has 0 saturated heterocycles. The molecule has 0 atom stereocenters. The van der Waals surface area contributed by atoms with Gasteiger partial charge in [0, 0.05) is 26.2 Å². The van der Waals surface area contributed by atoms with Gasteiger partial charge in [0.05, 0.1) is 10.4 Å². The number of aromatic nitrogens is 1. The van der Waals surface area contributed by atoms with E-state index in [0.717, 1.165) is 0 Å². The molecule has 0 aliphatic rings. The molecule has 1 aromatic carbocycles. The number of benzene rings is 1. The van der Waals surface area contributed by atoms with Crippen LogP contribution in [0.3, 0.4) is 0 Å². The van der Waals surface area contributed by atoms with E-state index in [4.69, 9.17) is 10.7 Å². The molecule has 5 nitrogen and oxygen atoms in total. The average molecular weight is 382 g/mol. The molecular weight excluding hydrogens is 376 g/mol. The van der Waals surface area contributed by atoms with Gasteiger partial charge >= 0.3 is 0 Å². The average Bonchev–Trinajstić information content (AvgIpc) is 2.80. The SMILES string of the molecule is O=C(Nc1ccc(S(=O)(=O)Cl)c(Br)c1)c1cscn1. The second-order valence-electron chi connectivity index (χ2n) is 3.41. The van der Waals surface area contributed by atoms with Crippen molar-refractivity contribution < 1.29 is 13.2 Å². The Morgan fingerprint density at radius 3 is 2.68 bits per heavy atom. The van der Waals surface area contributed by atoms with Crippen molar-refractivity contribution in [2.45, 2.75) is 4.90 Å². The first-order valence-electron chi connectivity index (χ1n) is 4.81. The van der Waals surface area contributed by atoms with E-state index in [1.54, 1.807) is 10.9 Å². The number of nitrogens with one attached hydrogen (secondary N) is 1. The maximum absolute atomic E-state index is 11.7. The van der Waals surface area contributed by atoms with Gasteiger partial charge in [-0.15, -0.1) is 11.3 Å². The number of hydrogen-bond donors (Lipinski definition) is 1. The lowest BCUT2D eigenvalue weighted by Gasteiger charge is -2.06. The van der Waals surface area contributed by atoms with Crippen LogP contribution in [0.2, 0.25) is 0 Å². The van der Waals surface area contributed by atoms with Crippen LogP contribution >= 0.6 is 37.9 Å². The molecule has 1 aromatic heterocycles. The Kier molecular flexibility index (Phi) is 4.24. The predicted octanol–water partition coefficient (Wildman–Crippen LogP) is 3.09. The molecule has 0 saturated carbocycles. The number of carbonyl (C=O) groups is 1. The van der Waals surface area contributed by atoms with Gasteiger partial charge in [-0.25, -0.2) is 13.4 Å². The molecule has 0 spiro atoms. The van der Waals surface area contributed by atoms with Crippen LogP contribution in [-0.2, 0) is 9.05 Å². The number of rotatable bonds is 3. The van der Waals surface area contributed by atoms with Crippen LogP contribution < -0.4 is 5.32 Å². The van der Waals surface area contributed by atoms with Crippen molar-refractivity contribution in [1.82, 2.24) is 4.98 Å². The fraction of sp³-hybridized carbons (Fsp3) is 0. The maximum Gasteiger partial charge on any atom is 0.275 e. The highest BCUT2D eigenvalue weighted by molar-refractivity contribution is 9.10. The zero-order chi connectivity index (χ0) is 14.0. The van der Waals surface area contributed by atoms with Crippen molar-refractivity contribution >= 4 is 58.6 Å².